The Morgan fingerprint density at radius 3 is 2.71 bits per heavy atom. The highest BCUT2D eigenvalue weighted by molar-refractivity contribution is 5.38. The lowest BCUT2D eigenvalue weighted by atomic mass is 10.1. The summed E-state index contributed by atoms with van der Waals surface area (Å²) in [5.74, 6) is 5.20. The first-order valence-corrected chi connectivity index (χ1v) is 4.45. The Morgan fingerprint density at radius 1 is 1.29 bits per heavy atom. The second-order valence-corrected chi connectivity index (χ2v) is 2.86. The molecule has 0 aliphatic rings. The standard InChI is InChI=1S/C11H13FN2/c12-11-5-4-9(8-14)7-10(11)3-1-2-6-13/h4-5,7H,2,6,8,13-14H2. The van der Waals surface area contributed by atoms with E-state index in [9.17, 15) is 4.39 Å². The van der Waals surface area contributed by atoms with Gasteiger partial charge in [0.2, 0.25) is 0 Å². The van der Waals surface area contributed by atoms with Crippen LogP contribution in [-0.2, 0) is 6.54 Å². The average molecular weight is 192 g/mol. The first-order valence-electron chi connectivity index (χ1n) is 4.45. The number of rotatable bonds is 2. The van der Waals surface area contributed by atoms with Gasteiger partial charge < -0.3 is 11.5 Å². The summed E-state index contributed by atoms with van der Waals surface area (Å²) in [6.45, 7) is 0.886. The first-order chi connectivity index (χ1) is 6.77. The fourth-order valence-corrected chi connectivity index (χ4v) is 1.03. The van der Waals surface area contributed by atoms with Crippen molar-refractivity contribution in [3.63, 3.8) is 0 Å². The van der Waals surface area contributed by atoms with Crippen LogP contribution in [0.15, 0.2) is 18.2 Å². The van der Waals surface area contributed by atoms with Gasteiger partial charge in [0, 0.05) is 19.5 Å². The average Bonchev–Trinajstić information content (AvgIpc) is 2.21. The summed E-state index contributed by atoms with van der Waals surface area (Å²) < 4.78 is 13.2. The van der Waals surface area contributed by atoms with Gasteiger partial charge in [0.25, 0.3) is 0 Å². The molecular weight excluding hydrogens is 179 g/mol. The molecule has 4 N–H and O–H groups in total. The van der Waals surface area contributed by atoms with Crippen molar-refractivity contribution >= 4 is 0 Å². The molecule has 0 aliphatic heterocycles. The molecule has 0 radical (unpaired) electrons. The molecule has 0 aromatic heterocycles. The minimum atomic E-state index is -0.313. The first kappa shape index (κ1) is 10.7. The third-order valence-electron chi connectivity index (χ3n) is 1.76. The van der Waals surface area contributed by atoms with E-state index < -0.39 is 0 Å². The van der Waals surface area contributed by atoms with Crippen molar-refractivity contribution in [2.75, 3.05) is 6.54 Å². The quantitative estimate of drug-likeness (QED) is 0.686. The van der Waals surface area contributed by atoms with E-state index in [4.69, 9.17) is 11.5 Å². The van der Waals surface area contributed by atoms with Gasteiger partial charge in [0.1, 0.15) is 5.82 Å². The fraction of sp³-hybridized carbons (Fsp3) is 0.273. The van der Waals surface area contributed by atoms with Crippen LogP contribution in [0.3, 0.4) is 0 Å². The molecule has 0 bridgehead atoms. The molecule has 0 atom stereocenters. The molecule has 74 valence electrons. The number of nitrogens with two attached hydrogens (primary N) is 2. The molecule has 1 aromatic carbocycles. The van der Waals surface area contributed by atoms with Crippen LogP contribution >= 0.6 is 0 Å². The zero-order chi connectivity index (χ0) is 10.4. The zero-order valence-electron chi connectivity index (χ0n) is 7.89. The SMILES string of the molecule is NCCC#Cc1cc(CN)ccc1F. The third kappa shape index (κ3) is 2.84. The maximum Gasteiger partial charge on any atom is 0.138 e. The summed E-state index contributed by atoms with van der Waals surface area (Å²) in [7, 11) is 0. The van der Waals surface area contributed by atoms with Crippen molar-refractivity contribution in [3.05, 3.63) is 35.1 Å². The molecule has 2 nitrogen and oxygen atoms in total. The highest BCUT2D eigenvalue weighted by Crippen LogP contribution is 2.08. The summed E-state index contributed by atoms with van der Waals surface area (Å²) in [6, 6.07) is 4.71. The van der Waals surface area contributed by atoms with Crippen molar-refractivity contribution in [2.45, 2.75) is 13.0 Å². The third-order valence-corrected chi connectivity index (χ3v) is 1.76. The van der Waals surface area contributed by atoms with Gasteiger partial charge in [-0.05, 0) is 17.7 Å². The minimum absolute atomic E-state index is 0.313. The Morgan fingerprint density at radius 2 is 2.07 bits per heavy atom. The Balaban J connectivity index is 2.91. The Bertz CT molecular complexity index is 363. The summed E-state index contributed by atoms with van der Waals surface area (Å²) in [4.78, 5) is 0. The topological polar surface area (TPSA) is 52.0 Å². The molecule has 1 aromatic rings. The molecule has 0 spiro atoms. The van der Waals surface area contributed by atoms with Gasteiger partial charge in [0.05, 0.1) is 5.56 Å². The van der Waals surface area contributed by atoms with Crippen molar-refractivity contribution in [1.82, 2.24) is 0 Å². The predicted octanol–water partition coefficient (Wildman–Crippen LogP) is 0.985. The van der Waals surface area contributed by atoms with E-state index in [2.05, 4.69) is 11.8 Å². The summed E-state index contributed by atoms with van der Waals surface area (Å²) in [5, 5.41) is 0. The molecular formula is C11H13FN2. The Labute approximate surface area is 83.1 Å². The lowest BCUT2D eigenvalue weighted by Gasteiger charge is -1.98. The zero-order valence-corrected chi connectivity index (χ0v) is 7.89. The van der Waals surface area contributed by atoms with Crippen molar-refractivity contribution in [2.24, 2.45) is 11.5 Å². The molecule has 0 amide bonds. The Hall–Kier alpha value is -1.37. The smallest absolute Gasteiger partial charge is 0.138 e. The van der Waals surface area contributed by atoms with E-state index in [0.29, 0.717) is 25.1 Å². The number of benzene rings is 1. The second-order valence-electron chi connectivity index (χ2n) is 2.86. The van der Waals surface area contributed by atoms with Crippen LogP contribution in [0.25, 0.3) is 0 Å². The highest BCUT2D eigenvalue weighted by atomic mass is 19.1. The van der Waals surface area contributed by atoms with Crippen LogP contribution in [0.4, 0.5) is 4.39 Å². The van der Waals surface area contributed by atoms with Crippen molar-refractivity contribution < 1.29 is 4.39 Å². The molecule has 0 fully saturated rings. The van der Waals surface area contributed by atoms with Crippen LogP contribution in [-0.4, -0.2) is 6.54 Å². The van der Waals surface area contributed by atoms with Gasteiger partial charge in [-0.25, -0.2) is 4.39 Å². The molecule has 14 heavy (non-hydrogen) atoms. The number of hydrogen-bond donors (Lipinski definition) is 2. The Kier molecular flexibility index (Phi) is 4.11. The van der Waals surface area contributed by atoms with Gasteiger partial charge in [-0.2, -0.15) is 0 Å². The van der Waals surface area contributed by atoms with Crippen LogP contribution in [0.1, 0.15) is 17.5 Å². The van der Waals surface area contributed by atoms with Crippen LogP contribution < -0.4 is 11.5 Å². The molecule has 0 unspecified atom stereocenters. The highest BCUT2D eigenvalue weighted by Gasteiger charge is 1.99. The van der Waals surface area contributed by atoms with E-state index in [1.54, 1.807) is 12.1 Å². The molecule has 0 aliphatic carbocycles. The maximum atomic E-state index is 13.2. The van der Waals surface area contributed by atoms with Crippen LogP contribution in [0.2, 0.25) is 0 Å². The van der Waals surface area contributed by atoms with E-state index in [1.807, 2.05) is 0 Å². The normalized spacial score (nSPS) is 9.36. The van der Waals surface area contributed by atoms with Gasteiger partial charge in [-0.1, -0.05) is 17.9 Å². The van der Waals surface area contributed by atoms with Crippen LogP contribution in [0, 0.1) is 17.7 Å². The molecule has 1 rings (SSSR count). The largest absolute Gasteiger partial charge is 0.330 e. The van der Waals surface area contributed by atoms with Crippen molar-refractivity contribution in [1.29, 1.82) is 0 Å². The van der Waals surface area contributed by atoms with E-state index in [1.165, 1.54) is 6.07 Å². The van der Waals surface area contributed by atoms with Gasteiger partial charge in [0.15, 0.2) is 0 Å². The molecule has 0 saturated heterocycles. The van der Waals surface area contributed by atoms with Crippen LogP contribution in [0.5, 0.6) is 0 Å². The number of halogens is 1. The summed E-state index contributed by atoms with van der Waals surface area (Å²) in [5.41, 5.74) is 12.0. The molecule has 3 heteroatoms. The van der Waals surface area contributed by atoms with Gasteiger partial charge in [-0.15, -0.1) is 0 Å². The summed E-state index contributed by atoms with van der Waals surface area (Å²) in [6.07, 6.45) is 0.576. The minimum Gasteiger partial charge on any atom is -0.330 e. The monoisotopic (exact) mass is 192 g/mol. The second kappa shape index (κ2) is 5.38. The maximum absolute atomic E-state index is 13.2. The van der Waals surface area contributed by atoms with Crippen molar-refractivity contribution in [3.8, 4) is 11.8 Å². The fourth-order valence-electron chi connectivity index (χ4n) is 1.03. The van der Waals surface area contributed by atoms with E-state index in [0.717, 1.165) is 5.56 Å². The van der Waals surface area contributed by atoms with E-state index in [-0.39, 0.29) is 5.82 Å². The predicted molar refractivity (Wildman–Crippen MR) is 54.8 cm³/mol. The van der Waals surface area contributed by atoms with E-state index >= 15 is 0 Å². The lowest BCUT2D eigenvalue weighted by molar-refractivity contribution is 0.623. The lowest BCUT2D eigenvalue weighted by Crippen LogP contribution is -1.98. The van der Waals surface area contributed by atoms with Gasteiger partial charge >= 0.3 is 0 Å². The number of hydrogen-bond acceptors (Lipinski definition) is 2. The molecule has 0 heterocycles. The summed E-state index contributed by atoms with van der Waals surface area (Å²) >= 11 is 0. The van der Waals surface area contributed by atoms with Gasteiger partial charge in [-0.3, -0.25) is 0 Å². The molecule has 0 saturated carbocycles.